The number of ketones is 4. The quantitative estimate of drug-likeness (QED) is 0.413. The number of hydrogen-bond donors (Lipinski definition) is 3. The van der Waals surface area contributed by atoms with Gasteiger partial charge < -0.3 is 15.9 Å². The number of Topliss-reactive ketones (excluding diaryl/α,β-unsaturated/α-hetero) is 4. The van der Waals surface area contributed by atoms with Crippen molar-refractivity contribution in [3.63, 3.8) is 0 Å². The van der Waals surface area contributed by atoms with Gasteiger partial charge in [-0.25, -0.2) is 0 Å². The van der Waals surface area contributed by atoms with E-state index in [2.05, 4.69) is 0 Å². The molecule has 0 aromatic heterocycles. The summed E-state index contributed by atoms with van der Waals surface area (Å²) in [5.74, 6) is -7.94. The third-order valence-electron chi connectivity index (χ3n) is 10.3. The van der Waals surface area contributed by atoms with Crippen LogP contribution in [0.1, 0.15) is 66.4 Å². The summed E-state index contributed by atoms with van der Waals surface area (Å²) in [4.78, 5) is 68.2. The number of nitrogens with zero attached hydrogens (tertiary/aromatic N) is 1. The molecule has 0 bridgehead atoms. The van der Waals surface area contributed by atoms with Crippen molar-refractivity contribution >= 4 is 29.0 Å². The maximum absolute atomic E-state index is 14.0. The van der Waals surface area contributed by atoms with E-state index in [1.54, 1.807) is 14.1 Å². The number of phenols is 1. The molecule has 6 atom stereocenters. The van der Waals surface area contributed by atoms with Crippen molar-refractivity contribution in [3.8, 4) is 5.75 Å². The van der Waals surface area contributed by atoms with Crippen LogP contribution in [-0.2, 0) is 32.0 Å². The first-order valence-corrected chi connectivity index (χ1v) is 14.6. The van der Waals surface area contributed by atoms with Gasteiger partial charge in [0.1, 0.15) is 5.75 Å². The van der Waals surface area contributed by atoms with Crippen molar-refractivity contribution in [3.05, 3.63) is 28.8 Å². The maximum Gasteiger partial charge on any atom is 0.235 e. The summed E-state index contributed by atoms with van der Waals surface area (Å²) in [6, 6.07) is 2.31. The predicted molar refractivity (Wildman–Crippen MR) is 143 cm³/mol. The number of fused-ring (bicyclic) bond motifs is 3. The normalized spacial score (nSPS) is 33.7. The van der Waals surface area contributed by atoms with E-state index in [4.69, 9.17) is 5.73 Å². The summed E-state index contributed by atoms with van der Waals surface area (Å²) in [6.07, 6.45) is 8.61. The second-order valence-corrected chi connectivity index (χ2v) is 13.3. The Kier molecular flexibility index (Phi) is 6.53. The molecule has 0 aliphatic heterocycles. The Morgan fingerprint density at radius 2 is 1.68 bits per heavy atom. The molecule has 0 spiro atoms. The van der Waals surface area contributed by atoms with E-state index in [0.29, 0.717) is 12.3 Å². The van der Waals surface area contributed by atoms with E-state index in [9.17, 15) is 34.2 Å². The zero-order valence-electron chi connectivity index (χ0n) is 23.1. The molecule has 0 radical (unpaired) electrons. The number of carbonyl (C=O) groups excluding carboxylic acids is 5. The lowest BCUT2D eigenvalue weighted by Crippen LogP contribution is -2.74. The highest BCUT2D eigenvalue weighted by Gasteiger charge is 2.69. The van der Waals surface area contributed by atoms with Gasteiger partial charge in [0.15, 0.2) is 34.7 Å². The smallest absolute Gasteiger partial charge is 0.235 e. The number of amides is 1. The highest BCUT2D eigenvalue weighted by Crippen LogP contribution is 2.51. The first-order chi connectivity index (χ1) is 18.9. The van der Waals surface area contributed by atoms with E-state index in [1.165, 1.54) is 36.6 Å². The summed E-state index contributed by atoms with van der Waals surface area (Å²) in [6.45, 7) is 0. The standard InChI is InChI=1S/C31H38N2O7/c1-33(2)25-20-13-18-12-19-17(11-16(9-14-3-4-14)10-15-5-6-15)7-8-21(34)23(19)26(35)22(18)28(37)31(20,40)29(38)24(27(25)36)30(32)39/h7-8,14-16,18,20,22,24-25,34,40H,3-6,9-13H2,1-2H3,(H2,32,39)/t18-,20-,22?,24?,25-,31-/m0/s1. The molecule has 9 heteroatoms. The average Bonchev–Trinajstić information content (AvgIpc) is 3.80. The van der Waals surface area contributed by atoms with Crippen LogP contribution in [0.25, 0.3) is 0 Å². The van der Waals surface area contributed by atoms with E-state index in [1.807, 2.05) is 6.07 Å². The first-order valence-electron chi connectivity index (χ1n) is 14.6. The third-order valence-corrected chi connectivity index (χ3v) is 10.3. The van der Waals surface area contributed by atoms with E-state index >= 15 is 0 Å². The summed E-state index contributed by atoms with van der Waals surface area (Å²) >= 11 is 0. The summed E-state index contributed by atoms with van der Waals surface area (Å²) in [5.41, 5.74) is 4.54. The maximum atomic E-state index is 14.0. The van der Waals surface area contributed by atoms with Crippen LogP contribution in [0.4, 0.5) is 0 Å². The number of aromatic hydroxyl groups is 1. The van der Waals surface area contributed by atoms with Crippen molar-refractivity contribution < 1.29 is 34.2 Å². The van der Waals surface area contributed by atoms with Gasteiger partial charge in [-0.15, -0.1) is 0 Å². The molecular formula is C31H38N2O7. The minimum absolute atomic E-state index is 0.0760. The van der Waals surface area contributed by atoms with E-state index in [-0.39, 0.29) is 17.7 Å². The molecule has 1 aromatic rings. The van der Waals surface area contributed by atoms with E-state index in [0.717, 1.165) is 42.2 Å². The number of benzene rings is 1. The third kappa shape index (κ3) is 4.24. The van der Waals surface area contributed by atoms with Crippen LogP contribution in [0.5, 0.6) is 5.75 Å². The van der Waals surface area contributed by atoms with Crippen molar-refractivity contribution in [1.82, 2.24) is 4.90 Å². The number of carbonyl (C=O) groups is 5. The van der Waals surface area contributed by atoms with E-state index < -0.39 is 64.4 Å². The first kappa shape index (κ1) is 27.3. The van der Waals surface area contributed by atoms with Gasteiger partial charge in [-0.3, -0.25) is 28.9 Å². The van der Waals surface area contributed by atoms with Gasteiger partial charge in [0.2, 0.25) is 5.91 Å². The molecule has 4 N–H and O–H groups in total. The fraction of sp³-hybridized carbons (Fsp3) is 0.645. The highest BCUT2D eigenvalue weighted by molar-refractivity contribution is 6.32. The number of nitrogens with two attached hydrogens (primary N) is 1. The average molecular weight is 551 g/mol. The molecule has 5 aliphatic carbocycles. The molecule has 40 heavy (non-hydrogen) atoms. The van der Waals surface area contributed by atoms with Gasteiger partial charge in [0, 0.05) is 5.92 Å². The number of primary amides is 1. The molecule has 5 aliphatic rings. The Balaban J connectivity index is 1.38. The number of aliphatic hydroxyl groups is 1. The Labute approximate surface area is 233 Å². The Bertz CT molecular complexity index is 1300. The minimum Gasteiger partial charge on any atom is -0.507 e. The number of rotatable bonds is 8. The number of likely N-dealkylation sites (N-methyl/N-ethyl adjacent to an activating group) is 1. The summed E-state index contributed by atoms with van der Waals surface area (Å²) in [7, 11) is 3.18. The Morgan fingerprint density at radius 3 is 2.23 bits per heavy atom. The molecule has 214 valence electrons. The fourth-order valence-electron chi connectivity index (χ4n) is 8.08. The highest BCUT2D eigenvalue weighted by atomic mass is 16.3. The van der Waals surface area contributed by atoms with Crippen LogP contribution in [-0.4, -0.2) is 69.9 Å². The zero-order chi connectivity index (χ0) is 28.7. The lowest BCUT2D eigenvalue weighted by molar-refractivity contribution is -0.181. The molecule has 0 heterocycles. The van der Waals surface area contributed by atoms with Crippen LogP contribution in [0.2, 0.25) is 0 Å². The molecule has 1 amide bonds. The van der Waals surface area contributed by atoms with Crippen molar-refractivity contribution in [2.24, 2.45) is 47.2 Å². The summed E-state index contributed by atoms with van der Waals surface area (Å²) < 4.78 is 0. The van der Waals surface area contributed by atoms with Gasteiger partial charge in [0.05, 0.1) is 17.5 Å². The molecule has 4 fully saturated rings. The second kappa shape index (κ2) is 9.58. The van der Waals surface area contributed by atoms with Crippen molar-refractivity contribution in [2.45, 2.75) is 69.4 Å². The fourth-order valence-corrected chi connectivity index (χ4v) is 8.08. The van der Waals surface area contributed by atoms with Crippen LogP contribution >= 0.6 is 0 Å². The van der Waals surface area contributed by atoms with Crippen LogP contribution in [0, 0.1) is 41.4 Å². The molecule has 0 saturated heterocycles. The summed E-state index contributed by atoms with van der Waals surface area (Å²) in [5, 5.41) is 22.5. The molecule has 9 nitrogen and oxygen atoms in total. The van der Waals surface area contributed by atoms with Crippen LogP contribution < -0.4 is 5.73 Å². The zero-order valence-corrected chi connectivity index (χ0v) is 23.1. The number of phenolic OH excluding ortho intramolecular Hbond substituents is 1. The molecule has 4 saturated carbocycles. The van der Waals surface area contributed by atoms with Gasteiger partial charge in [0.25, 0.3) is 0 Å². The van der Waals surface area contributed by atoms with Crippen LogP contribution in [0.15, 0.2) is 12.1 Å². The van der Waals surface area contributed by atoms with Crippen LogP contribution in [0.3, 0.4) is 0 Å². The molecule has 1 aromatic carbocycles. The van der Waals surface area contributed by atoms with Gasteiger partial charge in [-0.05, 0) is 87.1 Å². The SMILES string of the molecule is CN(C)[C@@H]1C(=O)C(C(N)=O)C(=O)[C@@]2(O)C(=O)C3C(=O)c4c(O)ccc(CC(CC5CC5)CC5CC5)c4C[C@H]3C[C@@H]12. The topological polar surface area (TPSA) is 155 Å². The number of hydrogen-bond acceptors (Lipinski definition) is 8. The van der Waals surface area contributed by atoms with Gasteiger partial charge in [-0.2, -0.15) is 0 Å². The monoisotopic (exact) mass is 550 g/mol. The van der Waals surface area contributed by atoms with Gasteiger partial charge >= 0.3 is 0 Å². The second-order valence-electron chi connectivity index (χ2n) is 13.3. The van der Waals surface area contributed by atoms with Crippen molar-refractivity contribution in [2.75, 3.05) is 14.1 Å². The Hall–Kier alpha value is -2.91. The Morgan fingerprint density at radius 1 is 1.05 bits per heavy atom. The molecule has 6 rings (SSSR count). The lowest BCUT2D eigenvalue weighted by atomic mass is 9.52. The van der Waals surface area contributed by atoms with Gasteiger partial charge in [-0.1, -0.05) is 31.7 Å². The molecular weight excluding hydrogens is 512 g/mol. The lowest BCUT2D eigenvalue weighted by Gasteiger charge is -2.52. The minimum atomic E-state index is -2.69. The van der Waals surface area contributed by atoms with Crippen molar-refractivity contribution in [1.29, 1.82) is 0 Å². The largest absolute Gasteiger partial charge is 0.507 e. The molecule has 2 unspecified atom stereocenters. The predicted octanol–water partition coefficient (Wildman–Crippen LogP) is 1.63.